The molecule has 0 fully saturated rings. The Labute approximate surface area is 170 Å². The van der Waals surface area contributed by atoms with Crippen LogP contribution in [0.25, 0.3) is 0 Å². The number of hydrogen-bond acceptors (Lipinski definition) is 5. The second-order valence-electron chi connectivity index (χ2n) is 5.34. The summed E-state index contributed by atoms with van der Waals surface area (Å²) in [7, 11) is 1.35. The molecular weight excluding hydrogens is 434 g/mol. The molecule has 2 aromatic carbocycles. The van der Waals surface area contributed by atoms with Crippen LogP contribution in [0.1, 0.15) is 17.3 Å². The van der Waals surface area contributed by atoms with Crippen molar-refractivity contribution in [1.29, 1.82) is 0 Å². The van der Waals surface area contributed by atoms with E-state index in [0.29, 0.717) is 12.1 Å². The number of amides is 1. The summed E-state index contributed by atoms with van der Waals surface area (Å²) in [6, 6.07) is 15.2. The van der Waals surface area contributed by atoms with Crippen molar-refractivity contribution in [3.05, 3.63) is 58.6 Å². The number of rotatable bonds is 8. The number of thioether (sulfide) groups is 2. The lowest BCUT2D eigenvalue weighted by Gasteiger charge is -2.14. The van der Waals surface area contributed by atoms with Gasteiger partial charge in [-0.15, -0.1) is 23.5 Å². The number of methoxy groups -OCH3 is 1. The highest BCUT2D eigenvalue weighted by Crippen LogP contribution is 2.27. The lowest BCUT2D eigenvalue weighted by Crippen LogP contribution is -2.32. The van der Waals surface area contributed by atoms with Gasteiger partial charge in [-0.05, 0) is 43.3 Å². The second-order valence-corrected chi connectivity index (χ2v) is 8.81. The summed E-state index contributed by atoms with van der Waals surface area (Å²) in [5, 5.41) is 2.63. The average molecular weight is 454 g/mol. The Morgan fingerprint density at radius 3 is 2.54 bits per heavy atom. The molecule has 2 rings (SSSR count). The van der Waals surface area contributed by atoms with Gasteiger partial charge in [0.15, 0.2) is 0 Å². The molecule has 1 N–H and O–H groups in total. The zero-order valence-electron chi connectivity index (χ0n) is 14.5. The van der Waals surface area contributed by atoms with Crippen LogP contribution < -0.4 is 5.32 Å². The summed E-state index contributed by atoms with van der Waals surface area (Å²) in [5.41, 5.74) is 0.477. The summed E-state index contributed by atoms with van der Waals surface area (Å²) in [6.45, 7) is 2.42. The Balaban J connectivity index is 1.81. The molecule has 0 radical (unpaired) electrons. The summed E-state index contributed by atoms with van der Waals surface area (Å²) >= 11 is 6.46. The van der Waals surface area contributed by atoms with E-state index in [1.165, 1.54) is 18.9 Å². The molecule has 0 heterocycles. The highest BCUT2D eigenvalue weighted by atomic mass is 79.9. The summed E-state index contributed by atoms with van der Waals surface area (Å²) in [6.07, 6.45) is 0. The molecular formula is C19H20BrNO3S2. The van der Waals surface area contributed by atoms with Gasteiger partial charge >= 0.3 is 5.97 Å². The van der Waals surface area contributed by atoms with Gasteiger partial charge in [-0.3, -0.25) is 4.79 Å². The van der Waals surface area contributed by atoms with E-state index in [9.17, 15) is 9.59 Å². The van der Waals surface area contributed by atoms with Gasteiger partial charge in [0, 0.05) is 26.6 Å². The van der Waals surface area contributed by atoms with Crippen LogP contribution in [0.5, 0.6) is 0 Å². The zero-order chi connectivity index (χ0) is 18.9. The fraction of sp³-hybridized carbons (Fsp3) is 0.263. The van der Waals surface area contributed by atoms with Gasteiger partial charge in [0.1, 0.15) is 0 Å². The standard InChI is InChI=1S/C19H20BrNO3S2/c1-13(26-17-6-4-3-5-16(17)19(23)24-2)18(22)21-11-12-25-15-9-7-14(20)8-10-15/h3-10,13H,11-12H2,1-2H3,(H,21,22). The first-order valence-electron chi connectivity index (χ1n) is 8.01. The molecule has 0 aliphatic heterocycles. The predicted molar refractivity (Wildman–Crippen MR) is 111 cm³/mol. The average Bonchev–Trinajstić information content (AvgIpc) is 2.66. The third kappa shape index (κ3) is 6.37. The fourth-order valence-electron chi connectivity index (χ4n) is 2.11. The van der Waals surface area contributed by atoms with Crippen LogP contribution in [0.2, 0.25) is 0 Å². The third-order valence-corrected chi connectivity index (χ3v) is 6.17. The van der Waals surface area contributed by atoms with Crippen molar-refractivity contribution in [2.24, 2.45) is 0 Å². The van der Waals surface area contributed by atoms with Gasteiger partial charge < -0.3 is 10.1 Å². The molecule has 0 aliphatic carbocycles. The first kappa shape index (κ1) is 20.9. The van der Waals surface area contributed by atoms with Crippen LogP contribution in [0, 0.1) is 0 Å². The van der Waals surface area contributed by atoms with E-state index in [2.05, 4.69) is 21.2 Å². The van der Waals surface area contributed by atoms with Crippen molar-refractivity contribution in [2.75, 3.05) is 19.4 Å². The van der Waals surface area contributed by atoms with E-state index in [-0.39, 0.29) is 11.2 Å². The molecule has 4 nitrogen and oxygen atoms in total. The zero-order valence-corrected chi connectivity index (χ0v) is 17.7. The van der Waals surface area contributed by atoms with Crippen LogP contribution in [-0.4, -0.2) is 36.5 Å². The Morgan fingerprint density at radius 2 is 1.85 bits per heavy atom. The van der Waals surface area contributed by atoms with Crippen molar-refractivity contribution < 1.29 is 14.3 Å². The van der Waals surface area contributed by atoms with Crippen LogP contribution in [-0.2, 0) is 9.53 Å². The minimum Gasteiger partial charge on any atom is -0.465 e. The van der Waals surface area contributed by atoms with E-state index in [1.54, 1.807) is 23.9 Å². The van der Waals surface area contributed by atoms with Crippen molar-refractivity contribution in [1.82, 2.24) is 5.32 Å². The smallest absolute Gasteiger partial charge is 0.338 e. The maximum absolute atomic E-state index is 12.3. The number of hydrogen-bond donors (Lipinski definition) is 1. The topological polar surface area (TPSA) is 55.4 Å². The minimum absolute atomic E-state index is 0.0499. The molecule has 0 aromatic heterocycles. The van der Waals surface area contributed by atoms with E-state index in [0.717, 1.165) is 20.0 Å². The van der Waals surface area contributed by atoms with Crippen LogP contribution in [0.3, 0.4) is 0 Å². The minimum atomic E-state index is -0.397. The monoisotopic (exact) mass is 453 g/mol. The first-order chi connectivity index (χ1) is 12.5. The van der Waals surface area contributed by atoms with Gasteiger partial charge in [-0.1, -0.05) is 28.1 Å². The lowest BCUT2D eigenvalue weighted by atomic mass is 10.2. The molecule has 0 saturated heterocycles. The molecule has 26 heavy (non-hydrogen) atoms. The maximum atomic E-state index is 12.3. The Bertz CT molecular complexity index is 753. The molecule has 0 aliphatic rings. The van der Waals surface area contributed by atoms with Crippen LogP contribution >= 0.6 is 39.5 Å². The quantitative estimate of drug-likeness (QED) is 0.358. The number of carbonyl (C=O) groups excluding carboxylic acids is 2. The lowest BCUT2D eigenvalue weighted by molar-refractivity contribution is -0.120. The van der Waals surface area contributed by atoms with E-state index in [4.69, 9.17) is 4.74 Å². The number of carbonyl (C=O) groups is 2. The molecule has 1 atom stereocenters. The van der Waals surface area contributed by atoms with Crippen molar-refractivity contribution in [3.63, 3.8) is 0 Å². The van der Waals surface area contributed by atoms with Gasteiger partial charge in [0.05, 0.1) is 17.9 Å². The molecule has 7 heteroatoms. The van der Waals surface area contributed by atoms with E-state index >= 15 is 0 Å². The van der Waals surface area contributed by atoms with Gasteiger partial charge in [-0.2, -0.15) is 0 Å². The molecule has 1 amide bonds. The van der Waals surface area contributed by atoms with E-state index in [1.807, 2.05) is 43.3 Å². The Hall–Kier alpha value is -1.44. The predicted octanol–water partition coefficient (Wildman–Crippen LogP) is 4.62. The number of ether oxygens (including phenoxy) is 1. The largest absolute Gasteiger partial charge is 0.465 e. The number of esters is 1. The van der Waals surface area contributed by atoms with Gasteiger partial charge in [0.25, 0.3) is 0 Å². The highest BCUT2D eigenvalue weighted by molar-refractivity contribution is 9.10. The first-order valence-corrected chi connectivity index (χ1v) is 10.7. The van der Waals surface area contributed by atoms with Gasteiger partial charge in [0.2, 0.25) is 5.91 Å². The van der Waals surface area contributed by atoms with Crippen LogP contribution in [0.15, 0.2) is 62.8 Å². The van der Waals surface area contributed by atoms with Crippen molar-refractivity contribution >= 4 is 51.3 Å². The summed E-state index contributed by atoms with van der Waals surface area (Å²) in [5.74, 6) is 0.349. The number of benzene rings is 2. The summed E-state index contributed by atoms with van der Waals surface area (Å²) < 4.78 is 5.84. The fourth-order valence-corrected chi connectivity index (χ4v) is 4.15. The molecule has 2 aromatic rings. The molecule has 0 saturated carbocycles. The van der Waals surface area contributed by atoms with E-state index < -0.39 is 5.97 Å². The molecule has 0 spiro atoms. The molecule has 1 unspecified atom stereocenters. The molecule has 0 bridgehead atoms. The highest BCUT2D eigenvalue weighted by Gasteiger charge is 2.18. The molecule has 138 valence electrons. The third-order valence-electron chi connectivity index (χ3n) is 3.45. The Kier molecular flexibility index (Phi) is 8.54. The second kappa shape index (κ2) is 10.6. The summed E-state index contributed by atoms with van der Waals surface area (Å²) in [4.78, 5) is 26.0. The number of halogens is 1. The van der Waals surface area contributed by atoms with Gasteiger partial charge in [-0.25, -0.2) is 4.79 Å². The van der Waals surface area contributed by atoms with Crippen molar-refractivity contribution in [3.8, 4) is 0 Å². The maximum Gasteiger partial charge on any atom is 0.338 e. The number of nitrogens with one attached hydrogen (secondary N) is 1. The van der Waals surface area contributed by atoms with Crippen molar-refractivity contribution in [2.45, 2.75) is 22.0 Å². The SMILES string of the molecule is COC(=O)c1ccccc1SC(C)C(=O)NCCSc1ccc(Br)cc1. The normalized spacial score (nSPS) is 11.7. The van der Waals surface area contributed by atoms with Crippen LogP contribution in [0.4, 0.5) is 0 Å². The Morgan fingerprint density at radius 1 is 1.15 bits per heavy atom.